The van der Waals surface area contributed by atoms with E-state index in [1.54, 1.807) is 0 Å². The molecular weight excluding hydrogens is 304 g/mol. The van der Waals surface area contributed by atoms with Crippen LogP contribution in [0.4, 0.5) is 0 Å². The van der Waals surface area contributed by atoms with Crippen LogP contribution < -0.4 is 5.32 Å². The minimum absolute atomic E-state index is 0.00859. The lowest BCUT2D eigenvalue weighted by molar-refractivity contribution is 0.420. The Morgan fingerprint density at radius 1 is 0.920 bits per heavy atom. The van der Waals surface area contributed by atoms with E-state index in [-0.39, 0.29) is 6.04 Å². The smallest absolute Gasteiger partial charge is 0.0886 e. The van der Waals surface area contributed by atoms with Gasteiger partial charge in [-0.3, -0.25) is 0 Å². The number of hydrogen-bond donors (Lipinski definition) is 1. The maximum atomic E-state index is 4.27. The van der Waals surface area contributed by atoms with Crippen LogP contribution in [-0.4, -0.2) is 25.0 Å². The van der Waals surface area contributed by atoms with Crippen LogP contribution in [-0.2, 0) is 0 Å². The molecule has 0 amide bonds. The average Bonchev–Trinajstić information content (AvgIpc) is 2.61. The van der Waals surface area contributed by atoms with Crippen molar-refractivity contribution in [1.29, 1.82) is 0 Å². The van der Waals surface area contributed by atoms with E-state index in [9.17, 15) is 0 Å². The molecule has 0 aromatic heterocycles. The van der Waals surface area contributed by atoms with Crippen LogP contribution >= 0.6 is 0 Å². The number of aryl methyl sites for hydroxylation is 1. The molecular formula is C23H28N2. The van der Waals surface area contributed by atoms with Crippen LogP contribution in [0.25, 0.3) is 16.8 Å². The van der Waals surface area contributed by atoms with Crippen molar-refractivity contribution in [1.82, 2.24) is 10.2 Å². The topological polar surface area (TPSA) is 15.3 Å². The van der Waals surface area contributed by atoms with Crippen LogP contribution in [0.5, 0.6) is 0 Å². The van der Waals surface area contributed by atoms with Crippen LogP contribution in [0.2, 0.25) is 0 Å². The second-order valence-corrected chi connectivity index (χ2v) is 6.53. The van der Waals surface area contributed by atoms with Gasteiger partial charge >= 0.3 is 0 Å². The van der Waals surface area contributed by atoms with Gasteiger partial charge in [0.05, 0.1) is 6.04 Å². The Bertz CT molecular complexity index is 767. The summed E-state index contributed by atoms with van der Waals surface area (Å²) in [6.45, 7) is 16.6. The summed E-state index contributed by atoms with van der Waals surface area (Å²) in [4.78, 5) is 2.11. The summed E-state index contributed by atoms with van der Waals surface area (Å²) >= 11 is 0. The Morgan fingerprint density at radius 3 is 1.84 bits per heavy atom. The molecule has 2 aromatic carbocycles. The number of rotatable bonds is 7. The predicted molar refractivity (Wildman–Crippen MR) is 110 cm³/mol. The first kappa shape index (κ1) is 18.6. The Labute approximate surface area is 152 Å². The molecule has 0 aliphatic rings. The first-order valence-corrected chi connectivity index (χ1v) is 8.46. The van der Waals surface area contributed by atoms with Gasteiger partial charge in [0.1, 0.15) is 0 Å². The van der Waals surface area contributed by atoms with Gasteiger partial charge in [-0.2, -0.15) is 0 Å². The van der Waals surface area contributed by atoms with E-state index < -0.39 is 0 Å². The summed E-state index contributed by atoms with van der Waals surface area (Å²) in [5.74, 6) is 0. The zero-order valence-electron chi connectivity index (χ0n) is 15.8. The molecule has 1 atom stereocenters. The molecule has 0 fully saturated rings. The van der Waals surface area contributed by atoms with E-state index in [1.165, 1.54) is 16.7 Å². The van der Waals surface area contributed by atoms with Gasteiger partial charge in [0.2, 0.25) is 0 Å². The standard InChI is InChI=1S/C23H28N2/c1-16(2)23(18(4)24-6)25(7)19(5)20-12-14-22(15-13-20)21-10-8-17(3)9-11-21/h8-15,23-24H,1,4-5H2,2-3,6-7H3. The van der Waals surface area contributed by atoms with Crippen LogP contribution in [0.15, 0.2) is 79.5 Å². The summed E-state index contributed by atoms with van der Waals surface area (Å²) < 4.78 is 0. The highest BCUT2D eigenvalue weighted by Crippen LogP contribution is 2.26. The number of nitrogens with zero attached hydrogens (tertiary/aromatic N) is 1. The molecule has 2 rings (SSSR count). The molecule has 2 heteroatoms. The zero-order valence-corrected chi connectivity index (χ0v) is 15.8. The van der Waals surface area contributed by atoms with Gasteiger partial charge in [0.15, 0.2) is 0 Å². The van der Waals surface area contributed by atoms with E-state index in [0.717, 1.165) is 22.5 Å². The number of nitrogens with one attached hydrogen (secondary N) is 1. The van der Waals surface area contributed by atoms with Gasteiger partial charge in [0.25, 0.3) is 0 Å². The van der Waals surface area contributed by atoms with Gasteiger partial charge in [-0.15, -0.1) is 0 Å². The number of benzene rings is 2. The van der Waals surface area contributed by atoms with Crippen LogP contribution in [0, 0.1) is 6.92 Å². The molecule has 0 aliphatic carbocycles. The first-order valence-electron chi connectivity index (χ1n) is 8.46. The molecule has 0 saturated carbocycles. The third-order valence-electron chi connectivity index (χ3n) is 4.53. The predicted octanol–water partition coefficient (Wildman–Crippen LogP) is 5.24. The van der Waals surface area contributed by atoms with E-state index >= 15 is 0 Å². The highest BCUT2D eigenvalue weighted by Gasteiger charge is 2.20. The molecule has 0 heterocycles. The van der Waals surface area contributed by atoms with Crippen LogP contribution in [0.3, 0.4) is 0 Å². The average molecular weight is 332 g/mol. The van der Waals surface area contributed by atoms with Gasteiger partial charge in [-0.05, 0) is 30.5 Å². The van der Waals surface area contributed by atoms with E-state index in [1.807, 2.05) is 21.0 Å². The van der Waals surface area contributed by atoms with Crippen LogP contribution in [0.1, 0.15) is 18.1 Å². The second-order valence-electron chi connectivity index (χ2n) is 6.53. The second kappa shape index (κ2) is 7.89. The molecule has 0 bridgehead atoms. The van der Waals surface area contributed by atoms with Gasteiger partial charge in [-0.1, -0.05) is 79.4 Å². The van der Waals surface area contributed by atoms with Crippen molar-refractivity contribution in [2.75, 3.05) is 14.1 Å². The quantitative estimate of drug-likeness (QED) is 0.697. The minimum atomic E-state index is 0.00859. The molecule has 0 spiro atoms. The molecule has 0 radical (unpaired) electrons. The molecule has 130 valence electrons. The lowest BCUT2D eigenvalue weighted by atomic mass is 10.0. The van der Waals surface area contributed by atoms with Crippen molar-refractivity contribution >= 4 is 5.70 Å². The maximum absolute atomic E-state index is 4.27. The van der Waals surface area contributed by atoms with Gasteiger partial charge < -0.3 is 10.2 Å². The Morgan fingerprint density at radius 2 is 1.40 bits per heavy atom. The van der Waals surface area contributed by atoms with Crippen molar-refractivity contribution in [3.05, 3.63) is 90.7 Å². The fourth-order valence-electron chi connectivity index (χ4n) is 2.96. The van der Waals surface area contributed by atoms with Crippen molar-refractivity contribution in [3.8, 4) is 11.1 Å². The van der Waals surface area contributed by atoms with E-state index in [2.05, 4.69) is 85.4 Å². The zero-order chi connectivity index (χ0) is 18.6. The highest BCUT2D eigenvalue weighted by molar-refractivity contribution is 5.69. The lowest BCUT2D eigenvalue weighted by Crippen LogP contribution is -2.36. The van der Waals surface area contributed by atoms with Gasteiger partial charge in [-0.25, -0.2) is 0 Å². The molecule has 25 heavy (non-hydrogen) atoms. The summed E-state index contributed by atoms with van der Waals surface area (Å²) in [5, 5.41) is 3.13. The minimum Gasteiger partial charge on any atom is -0.390 e. The largest absolute Gasteiger partial charge is 0.390 e. The normalized spacial score (nSPS) is 11.5. The maximum Gasteiger partial charge on any atom is 0.0886 e. The Kier molecular flexibility index (Phi) is 5.87. The summed E-state index contributed by atoms with van der Waals surface area (Å²) in [7, 11) is 3.91. The fraction of sp³-hybridized carbons (Fsp3) is 0.217. The summed E-state index contributed by atoms with van der Waals surface area (Å²) in [5.41, 5.74) is 7.67. The molecule has 0 saturated heterocycles. The Balaban J connectivity index is 2.23. The third kappa shape index (κ3) is 4.21. The Hall–Kier alpha value is -2.74. The SMILES string of the molecule is C=C(C)C(C(=C)NC)N(C)C(=C)c1ccc(-c2ccc(C)cc2)cc1. The van der Waals surface area contributed by atoms with E-state index in [4.69, 9.17) is 0 Å². The monoisotopic (exact) mass is 332 g/mol. The van der Waals surface area contributed by atoms with Crippen molar-refractivity contribution in [2.45, 2.75) is 19.9 Å². The number of likely N-dealkylation sites (N-methyl/N-ethyl adjacent to an activating group) is 2. The van der Waals surface area contributed by atoms with Crippen molar-refractivity contribution in [3.63, 3.8) is 0 Å². The molecule has 0 aliphatic heterocycles. The van der Waals surface area contributed by atoms with Crippen molar-refractivity contribution < 1.29 is 0 Å². The van der Waals surface area contributed by atoms with E-state index in [0.29, 0.717) is 0 Å². The molecule has 2 aromatic rings. The highest BCUT2D eigenvalue weighted by atomic mass is 15.2. The summed E-state index contributed by atoms with van der Waals surface area (Å²) in [6, 6.07) is 17.1. The van der Waals surface area contributed by atoms with Gasteiger partial charge in [0, 0.05) is 25.5 Å². The third-order valence-corrected chi connectivity index (χ3v) is 4.53. The number of hydrogen-bond acceptors (Lipinski definition) is 2. The molecule has 1 N–H and O–H groups in total. The first-order chi connectivity index (χ1) is 11.8. The molecule has 1 unspecified atom stereocenters. The molecule has 2 nitrogen and oxygen atoms in total. The van der Waals surface area contributed by atoms with Crippen molar-refractivity contribution in [2.24, 2.45) is 0 Å². The fourth-order valence-corrected chi connectivity index (χ4v) is 2.96. The summed E-state index contributed by atoms with van der Waals surface area (Å²) in [6.07, 6.45) is 0. The lowest BCUT2D eigenvalue weighted by Gasteiger charge is -2.33.